The van der Waals surface area contributed by atoms with Gasteiger partial charge in [0.2, 0.25) is 0 Å². The molecule has 0 fully saturated rings. The third-order valence-corrected chi connectivity index (χ3v) is 5.07. The largest absolute Gasteiger partial charge is 0.496 e. The van der Waals surface area contributed by atoms with Crippen LogP contribution in [-0.4, -0.2) is 7.11 Å². The van der Waals surface area contributed by atoms with Gasteiger partial charge in [-0.25, -0.2) is 0 Å². The fourth-order valence-corrected chi connectivity index (χ4v) is 4.13. The Labute approximate surface area is 146 Å². The second-order valence-electron chi connectivity index (χ2n) is 3.95. The molecule has 0 aliphatic carbocycles. The van der Waals surface area contributed by atoms with Gasteiger partial charge in [-0.15, -0.1) is 0 Å². The van der Waals surface area contributed by atoms with Crippen molar-refractivity contribution in [1.29, 1.82) is 0 Å². The summed E-state index contributed by atoms with van der Waals surface area (Å²) >= 11 is 14.3. The van der Waals surface area contributed by atoms with Gasteiger partial charge < -0.3 is 4.74 Å². The zero-order valence-electron chi connectivity index (χ0n) is 9.96. The van der Waals surface area contributed by atoms with Crippen molar-refractivity contribution in [2.75, 3.05) is 7.11 Å². The number of methoxy groups -OCH3 is 1. The van der Waals surface area contributed by atoms with Crippen molar-refractivity contribution in [3.63, 3.8) is 0 Å². The van der Waals surface area contributed by atoms with E-state index in [4.69, 9.17) is 4.74 Å². The predicted molar refractivity (Wildman–Crippen MR) is 93.3 cm³/mol. The molecule has 0 N–H and O–H groups in total. The molecule has 0 saturated carbocycles. The van der Waals surface area contributed by atoms with Crippen LogP contribution in [-0.2, 0) is 0 Å². The van der Waals surface area contributed by atoms with Crippen LogP contribution in [0.25, 0.3) is 0 Å². The van der Waals surface area contributed by atoms with Gasteiger partial charge in [-0.05, 0) is 42.0 Å². The maximum absolute atomic E-state index is 5.43. The predicted octanol–water partition coefficient (Wildman–Crippen LogP) is 6.47. The molecule has 0 bridgehead atoms. The van der Waals surface area contributed by atoms with E-state index in [-0.39, 0.29) is 4.83 Å². The molecule has 0 spiro atoms. The lowest BCUT2D eigenvalue weighted by Gasteiger charge is -2.16. The molecule has 100 valence electrons. The fraction of sp³-hybridized carbons (Fsp3) is 0.143. The van der Waals surface area contributed by atoms with Gasteiger partial charge in [0.1, 0.15) is 5.75 Å². The van der Waals surface area contributed by atoms with Crippen molar-refractivity contribution >= 4 is 63.7 Å². The molecular weight excluding hydrogens is 504 g/mol. The maximum Gasteiger partial charge on any atom is 0.123 e. The first-order chi connectivity index (χ1) is 9.01. The summed E-state index contributed by atoms with van der Waals surface area (Å²) in [6, 6.07) is 12.2. The van der Waals surface area contributed by atoms with Gasteiger partial charge in [0.25, 0.3) is 0 Å². The molecule has 1 nitrogen and oxygen atoms in total. The third kappa shape index (κ3) is 3.84. The zero-order valence-corrected chi connectivity index (χ0v) is 16.3. The smallest absolute Gasteiger partial charge is 0.123 e. The van der Waals surface area contributed by atoms with Gasteiger partial charge >= 0.3 is 0 Å². The van der Waals surface area contributed by atoms with Gasteiger partial charge in [-0.3, -0.25) is 0 Å². The maximum atomic E-state index is 5.43. The monoisotopic (exact) mass is 510 g/mol. The first-order valence-electron chi connectivity index (χ1n) is 5.44. The Morgan fingerprint density at radius 1 is 0.895 bits per heavy atom. The number of rotatable bonds is 3. The van der Waals surface area contributed by atoms with E-state index in [1.165, 1.54) is 0 Å². The number of hydrogen-bond acceptors (Lipinski definition) is 1. The fourth-order valence-electron chi connectivity index (χ4n) is 1.80. The molecule has 5 heteroatoms. The quantitative estimate of drug-likeness (QED) is 0.428. The van der Waals surface area contributed by atoms with E-state index < -0.39 is 0 Å². The Kier molecular flexibility index (Phi) is 5.52. The van der Waals surface area contributed by atoms with Gasteiger partial charge in [0.15, 0.2) is 0 Å². The molecule has 19 heavy (non-hydrogen) atoms. The van der Waals surface area contributed by atoms with Crippen LogP contribution in [0, 0.1) is 0 Å². The van der Waals surface area contributed by atoms with E-state index in [2.05, 4.69) is 81.9 Å². The highest BCUT2D eigenvalue weighted by Gasteiger charge is 2.16. The summed E-state index contributed by atoms with van der Waals surface area (Å²) in [5.74, 6) is 0.862. The third-order valence-electron chi connectivity index (χ3n) is 2.64. The summed E-state index contributed by atoms with van der Waals surface area (Å²) in [4.78, 5) is 0.0637. The highest BCUT2D eigenvalue weighted by atomic mass is 79.9. The first-order valence-corrected chi connectivity index (χ1v) is 8.74. The summed E-state index contributed by atoms with van der Waals surface area (Å²) < 4.78 is 8.53. The van der Waals surface area contributed by atoms with Gasteiger partial charge in [0, 0.05) is 19.0 Å². The molecule has 2 rings (SSSR count). The van der Waals surface area contributed by atoms with E-state index in [1.54, 1.807) is 7.11 Å². The molecule has 1 unspecified atom stereocenters. The van der Waals surface area contributed by atoms with Crippen molar-refractivity contribution in [2.24, 2.45) is 0 Å². The molecule has 1 atom stereocenters. The van der Waals surface area contributed by atoms with Crippen LogP contribution in [0.2, 0.25) is 0 Å². The normalized spacial score (nSPS) is 12.3. The minimum atomic E-state index is 0.0637. The van der Waals surface area contributed by atoms with Crippen LogP contribution in [0.5, 0.6) is 5.75 Å². The Balaban J connectivity index is 2.48. The first kappa shape index (κ1) is 15.5. The highest BCUT2D eigenvalue weighted by Crippen LogP contribution is 2.39. The van der Waals surface area contributed by atoms with E-state index in [1.807, 2.05) is 18.2 Å². The summed E-state index contributed by atoms with van der Waals surface area (Å²) in [7, 11) is 1.68. The van der Waals surface area contributed by atoms with Crippen LogP contribution < -0.4 is 4.74 Å². The van der Waals surface area contributed by atoms with Crippen LogP contribution in [0.15, 0.2) is 49.8 Å². The Morgan fingerprint density at radius 3 is 2.11 bits per heavy atom. The SMILES string of the molecule is COc1ccc(Br)cc1C(Br)c1cc(Br)cc(Br)c1. The lowest BCUT2D eigenvalue weighted by molar-refractivity contribution is 0.410. The molecular formula is C14H10Br4O. The number of hydrogen-bond donors (Lipinski definition) is 0. The van der Waals surface area contributed by atoms with Crippen molar-refractivity contribution in [1.82, 2.24) is 0 Å². The van der Waals surface area contributed by atoms with Gasteiger partial charge in [-0.1, -0.05) is 63.7 Å². The minimum Gasteiger partial charge on any atom is -0.496 e. The van der Waals surface area contributed by atoms with Gasteiger partial charge in [0.05, 0.1) is 11.9 Å². The topological polar surface area (TPSA) is 9.23 Å². The average molecular weight is 514 g/mol. The van der Waals surface area contributed by atoms with E-state index in [0.717, 1.165) is 30.3 Å². The summed E-state index contributed by atoms with van der Waals surface area (Å²) in [6.45, 7) is 0. The molecule has 0 amide bonds. The number of ether oxygens (including phenoxy) is 1. The molecule has 0 saturated heterocycles. The number of halogens is 4. The van der Waals surface area contributed by atoms with Crippen LogP contribution >= 0.6 is 63.7 Å². The molecule has 0 heterocycles. The number of alkyl halides is 1. The second-order valence-corrected chi connectivity index (χ2v) is 7.61. The van der Waals surface area contributed by atoms with E-state index in [0.29, 0.717) is 0 Å². The summed E-state index contributed by atoms with van der Waals surface area (Å²) in [6.07, 6.45) is 0. The Morgan fingerprint density at radius 2 is 1.53 bits per heavy atom. The van der Waals surface area contributed by atoms with Crippen molar-refractivity contribution in [3.8, 4) is 5.75 Å². The summed E-state index contributed by atoms with van der Waals surface area (Å²) in [5, 5.41) is 0. The standard InChI is InChI=1S/C14H10Br4O/c1-19-13-3-2-9(15)7-12(13)14(18)8-4-10(16)6-11(17)5-8/h2-7,14H,1H3. The Bertz CT molecular complexity index is 578. The second kappa shape index (κ2) is 6.74. The van der Waals surface area contributed by atoms with Crippen LogP contribution in [0.1, 0.15) is 16.0 Å². The average Bonchev–Trinajstić information content (AvgIpc) is 2.36. The van der Waals surface area contributed by atoms with Crippen molar-refractivity contribution in [2.45, 2.75) is 4.83 Å². The minimum absolute atomic E-state index is 0.0637. The Hall–Kier alpha value is 0.160. The summed E-state index contributed by atoms with van der Waals surface area (Å²) in [5.41, 5.74) is 2.24. The lowest BCUT2D eigenvalue weighted by atomic mass is 10.0. The lowest BCUT2D eigenvalue weighted by Crippen LogP contribution is -1.97. The molecule has 0 aromatic heterocycles. The molecule has 0 aliphatic rings. The van der Waals surface area contributed by atoms with Crippen LogP contribution in [0.4, 0.5) is 0 Å². The van der Waals surface area contributed by atoms with Crippen molar-refractivity contribution < 1.29 is 4.74 Å². The number of benzene rings is 2. The zero-order chi connectivity index (χ0) is 14.0. The van der Waals surface area contributed by atoms with E-state index in [9.17, 15) is 0 Å². The molecule has 2 aromatic carbocycles. The highest BCUT2D eigenvalue weighted by molar-refractivity contribution is 9.11. The van der Waals surface area contributed by atoms with Gasteiger partial charge in [-0.2, -0.15) is 0 Å². The van der Waals surface area contributed by atoms with Crippen molar-refractivity contribution in [3.05, 3.63) is 60.9 Å². The molecule has 0 aliphatic heterocycles. The van der Waals surface area contributed by atoms with Crippen LogP contribution in [0.3, 0.4) is 0 Å². The van der Waals surface area contributed by atoms with E-state index >= 15 is 0 Å². The molecule has 0 radical (unpaired) electrons. The molecule has 2 aromatic rings.